The maximum absolute atomic E-state index is 12.7. The molecule has 0 aliphatic carbocycles. The molecule has 2 aromatic rings. The fraction of sp³-hybridized carbons (Fsp3) is 0.474. The molecule has 0 saturated heterocycles. The van der Waals surface area contributed by atoms with Crippen LogP contribution < -0.4 is 16.3 Å². The van der Waals surface area contributed by atoms with E-state index in [4.69, 9.17) is 0 Å². The molecule has 2 heterocycles. The Morgan fingerprint density at radius 1 is 1.19 bits per heavy atom. The van der Waals surface area contributed by atoms with Crippen LogP contribution in [0.3, 0.4) is 0 Å². The highest BCUT2D eigenvalue weighted by atomic mass is 35.5. The van der Waals surface area contributed by atoms with Gasteiger partial charge in [0.25, 0.3) is 0 Å². The maximum atomic E-state index is 12.7. The van der Waals surface area contributed by atoms with Gasteiger partial charge in [0.05, 0.1) is 11.0 Å². The van der Waals surface area contributed by atoms with Crippen LogP contribution in [-0.4, -0.2) is 34.7 Å². The van der Waals surface area contributed by atoms with E-state index in [0.717, 1.165) is 37.0 Å². The van der Waals surface area contributed by atoms with Crippen LogP contribution in [0.2, 0.25) is 0 Å². The van der Waals surface area contributed by atoms with E-state index < -0.39 is 0 Å². The first-order chi connectivity index (χ1) is 12.2. The number of hydrogen-bond acceptors (Lipinski definition) is 3. The van der Waals surface area contributed by atoms with Gasteiger partial charge in [-0.1, -0.05) is 30.7 Å². The number of carbonyl (C=O) groups excluding carboxylic acids is 1. The quantitative estimate of drug-likeness (QED) is 0.725. The molecule has 142 valence electrons. The van der Waals surface area contributed by atoms with Crippen molar-refractivity contribution in [1.29, 1.82) is 0 Å². The van der Waals surface area contributed by atoms with Crippen LogP contribution in [0.25, 0.3) is 11.0 Å². The Hall–Kier alpha value is -2.05. The summed E-state index contributed by atoms with van der Waals surface area (Å²) in [6.07, 6.45) is 4.32. The van der Waals surface area contributed by atoms with E-state index in [1.165, 1.54) is 5.57 Å². The lowest BCUT2D eigenvalue weighted by molar-refractivity contribution is -0.121. The molecule has 0 spiro atoms. The molecule has 1 aromatic carbocycles. The van der Waals surface area contributed by atoms with Crippen LogP contribution in [0.15, 0.2) is 40.7 Å². The summed E-state index contributed by atoms with van der Waals surface area (Å²) in [5.41, 5.74) is 3.07. The number of amides is 1. The number of nitrogens with zero attached hydrogens (tertiary/aromatic N) is 2. The SMILES string of the molecule is CCCn1c(=O)n(CCC(=O)NCC2=CCNCC2)c2ccccc21.Cl. The summed E-state index contributed by atoms with van der Waals surface area (Å²) < 4.78 is 3.52. The average Bonchev–Trinajstić information content (AvgIpc) is 2.91. The Balaban J connectivity index is 0.00000243. The van der Waals surface area contributed by atoms with Gasteiger partial charge in [-0.05, 0) is 31.5 Å². The number of rotatable bonds is 7. The van der Waals surface area contributed by atoms with Crippen molar-refractivity contribution in [2.45, 2.75) is 39.3 Å². The van der Waals surface area contributed by atoms with Crippen LogP contribution in [0.1, 0.15) is 26.2 Å². The van der Waals surface area contributed by atoms with Gasteiger partial charge in [0.2, 0.25) is 5.91 Å². The van der Waals surface area contributed by atoms with Gasteiger partial charge in [0, 0.05) is 32.6 Å². The fourth-order valence-electron chi connectivity index (χ4n) is 3.27. The molecule has 0 radical (unpaired) electrons. The Morgan fingerprint density at radius 2 is 1.88 bits per heavy atom. The number of benzene rings is 1. The van der Waals surface area contributed by atoms with Crippen molar-refractivity contribution in [3.63, 3.8) is 0 Å². The highest BCUT2D eigenvalue weighted by Gasteiger charge is 2.13. The number of fused-ring (bicyclic) bond motifs is 1. The largest absolute Gasteiger partial charge is 0.352 e. The predicted octanol–water partition coefficient (Wildman–Crippen LogP) is 2.06. The topological polar surface area (TPSA) is 68.1 Å². The number of nitrogens with one attached hydrogen (secondary N) is 2. The van der Waals surface area contributed by atoms with Gasteiger partial charge >= 0.3 is 5.69 Å². The number of halogens is 1. The van der Waals surface area contributed by atoms with Crippen molar-refractivity contribution < 1.29 is 4.79 Å². The second kappa shape index (κ2) is 9.59. The first-order valence-electron chi connectivity index (χ1n) is 9.04. The first-order valence-corrected chi connectivity index (χ1v) is 9.04. The average molecular weight is 379 g/mol. The minimum Gasteiger partial charge on any atom is -0.352 e. The van der Waals surface area contributed by atoms with Gasteiger partial charge in [-0.3, -0.25) is 13.9 Å². The van der Waals surface area contributed by atoms with Gasteiger partial charge < -0.3 is 10.6 Å². The molecule has 1 amide bonds. The van der Waals surface area contributed by atoms with Crippen LogP contribution in [0, 0.1) is 0 Å². The minimum absolute atomic E-state index is 0. The lowest BCUT2D eigenvalue weighted by Gasteiger charge is -2.14. The molecule has 3 rings (SSSR count). The highest BCUT2D eigenvalue weighted by molar-refractivity contribution is 5.85. The highest BCUT2D eigenvalue weighted by Crippen LogP contribution is 2.13. The zero-order valence-corrected chi connectivity index (χ0v) is 16.0. The molecule has 1 aliphatic rings. The second-order valence-corrected chi connectivity index (χ2v) is 6.42. The van der Waals surface area contributed by atoms with Crippen molar-refractivity contribution in [1.82, 2.24) is 19.8 Å². The summed E-state index contributed by atoms with van der Waals surface area (Å²) in [5.74, 6) is -0.0151. The maximum Gasteiger partial charge on any atom is 0.329 e. The molecule has 0 fully saturated rings. The summed E-state index contributed by atoms with van der Waals surface area (Å²) in [4.78, 5) is 24.8. The van der Waals surface area contributed by atoms with E-state index >= 15 is 0 Å². The van der Waals surface area contributed by atoms with E-state index in [0.29, 0.717) is 26.1 Å². The van der Waals surface area contributed by atoms with E-state index in [9.17, 15) is 9.59 Å². The summed E-state index contributed by atoms with van der Waals surface area (Å²) >= 11 is 0. The van der Waals surface area contributed by atoms with Crippen LogP contribution in [0.5, 0.6) is 0 Å². The van der Waals surface area contributed by atoms with Gasteiger partial charge in [-0.2, -0.15) is 0 Å². The summed E-state index contributed by atoms with van der Waals surface area (Å²) in [6.45, 7) is 5.60. The number of hydrogen-bond donors (Lipinski definition) is 2. The molecule has 1 aliphatic heterocycles. The normalized spacial score (nSPS) is 14.0. The molecule has 0 unspecified atom stereocenters. The first kappa shape index (κ1) is 20.3. The van der Waals surface area contributed by atoms with Crippen molar-refractivity contribution in [2.24, 2.45) is 0 Å². The van der Waals surface area contributed by atoms with Gasteiger partial charge in [0.15, 0.2) is 0 Å². The third-order valence-electron chi connectivity index (χ3n) is 4.61. The third-order valence-corrected chi connectivity index (χ3v) is 4.61. The van der Waals surface area contributed by atoms with E-state index in [-0.39, 0.29) is 24.0 Å². The molecular weight excluding hydrogens is 352 g/mol. The molecule has 26 heavy (non-hydrogen) atoms. The smallest absolute Gasteiger partial charge is 0.329 e. The molecule has 0 atom stereocenters. The lowest BCUT2D eigenvalue weighted by Crippen LogP contribution is -2.31. The summed E-state index contributed by atoms with van der Waals surface area (Å²) in [6, 6.07) is 7.78. The number of aryl methyl sites for hydroxylation is 2. The van der Waals surface area contributed by atoms with Crippen molar-refractivity contribution in [3.8, 4) is 0 Å². The molecular formula is C19H27ClN4O2. The van der Waals surface area contributed by atoms with Gasteiger partial charge in [-0.25, -0.2) is 4.79 Å². The second-order valence-electron chi connectivity index (χ2n) is 6.42. The molecule has 2 N–H and O–H groups in total. The molecule has 6 nitrogen and oxygen atoms in total. The van der Waals surface area contributed by atoms with Gasteiger partial charge in [0.1, 0.15) is 0 Å². The molecule has 1 aromatic heterocycles. The van der Waals surface area contributed by atoms with Crippen LogP contribution in [0.4, 0.5) is 0 Å². The monoisotopic (exact) mass is 378 g/mol. The number of aromatic nitrogens is 2. The number of carbonyl (C=O) groups is 1. The standard InChI is InChI=1S/C19H26N4O2.ClH/c1-2-12-22-16-5-3-4-6-17(16)23(19(22)25)13-9-18(24)21-14-15-7-10-20-11-8-15;/h3-7,20H,2,8-14H2,1H3,(H,21,24);1H. The summed E-state index contributed by atoms with van der Waals surface area (Å²) in [5, 5.41) is 6.22. The molecule has 0 saturated carbocycles. The Bertz CT molecular complexity index is 838. The van der Waals surface area contributed by atoms with E-state index in [2.05, 4.69) is 23.6 Å². The Morgan fingerprint density at radius 3 is 2.50 bits per heavy atom. The van der Waals surface area contributed by atoms with Crippen molar-refractivity contribution in [2.75, 3.05) is 19.6 Å². The molecule has 7 heteroatoms. The van der Waals surface area contributed by atoms with Crippen molar-refractivity contribution >= 4 is 29.3 Å². The Kier molecular flexibility index (Phi) is 7.48. The molecule has 0 bridgehead atoms. The zero-order valence-electron chi connectivity index (χ0n) is 15.2. The predicted molar refractivity (Wildman–Crippen MR) is 107 cm³/mol. The van der Waals surface area contributed by atoms with Gasteiger partial charge in [-0.15, -0.1) is 12.4 Å². The van der Waals surface area contributed by atoms with Crippen LogP contribution in [-0.2, 0) is 17.9 Å². The number of para-hydroxylation sites is 2. The van der Waals surface area contributed by atoms with E-state index in [1.807, 2.05) is 24.3 Å². The third kappa shape index (κ3) is 4.56. The summed E-state index contributed by atoms with van der Waals surface area (Å²) in [7, 11) is 0. The Labute approximate surface area is 159 Å². The van der Waals surface area contributed by atoms with Crippen molar-refractivity contribution in [3.05, 3.63) is 46.4 Å². The fourth-order valence-corrected chi connectivity index (χ4v) is 3.27. The minimum atomic E-state index is -0.0306. The van der Waals surface area contributed by atoms with E-state index in [1.54, 1.807) is 9.13 Å². The number of imidazole rings is 1. The lowest BCUT2D eigenvalue weighted by atomic mass is 10.1. The van der Waals surface area contributed by atoms with Crippen LogP contribution >= 0.6 is 12.4 Å². The zero-order chi connectivity index (χ0) is 17.6.